The van der Waals surface area contributed by atoms with E-state index >= 15 is 0 Å². The van der Waals surface area contributed by atoms with E-state index in [9.17, 15) is 14.0 Å². The Kier molecular flexibility index (Phi) is 4.70. The van der Waals surface area contributed by atoms with E-state index in [2.05, 4.69) is 20.8 Å². The molecule has 2 aromatic rings. The van der Waals surface area contributed by atoms with E-state index in [4.69, 9.17) is 0 Å². The van der Waals surface area contributed by atoms with Crippen LogP contribution in [0, 0.1) is 5.82 Å². The molecule has 1 heterocycles. The minimum Gasteiger partial charge on any atom is -0.302 e. The van der Waals surface area contributed by atoms with Crippen molar-refractivity contribution in [3.8, 4) is 0 Å². The minimum absolute atomic E-state index is 0.264. The fourth-order valence-electron chi connectivity index (χ4n) is 1.37. The maximum absolute atomic E-state index is 12.7. The smallest absolute Gasteiger partial charge is 0.302 e. The number of pyridine rings is 1. The van der Waals surface area contributed by atoms with Gasteiger partial charge < -0.3 is 5.32 Å². The molecule has 7 heteroatoms. The summed E-state index contributed by atoms with van der Waals surface area (Å²) < 4.78 is 12.7. The van der Waals surface area contributed by atoms with Gasteiger partial charge in [0.05, 0.1) is 6.21 Å². The van der Waals surface area contributed by atoms with E-state index in [0.29, 0.717) is 5.56 Å². The van der Waals surface area contributed by atoms with Gasteiger partial charge in [-0.15, -0.1) is 0 Å². The summed E-state index contributed by atoms with van der Waals surface area (Å²) in [4.78, 5) is 26.8. The number of rotatable bonds is 3. The van der Waals surface area contributed by atoms with Crippen LogP contribution < -0.4 is 10.7 Å². The fraction of sp³-hybridized carbons (Fsp3) is 0. The first kappa shape index (κ1) is 14.3. The van der Waals surface area contributed by atoms with Crippen LogP contribution in [0.1, 0.15) is 5.56 Å². The predicted molar refractivity (Wildman–Crippen MR) is 75.0 cm³/mol. The van der Waals surface area contributed by atoms with Crippen molar-refractivity contribution >= 4 is 23.8 Å². The van der Waals surface area contributed by atoms with Crippen LogP contribution >= 0.6 is 0 Å². The van der Waals surface area contributed by atoms with E-state index < -0.39 is 11.8 Å². The highest BCUT2D eigenvalue weighted by Crippen LogP contribution is 2.00. The molecule has 2 N–H and O–H groups in total. The number of aromatic nitrogens is 1. The molecule has 2 amide bonds. The molecule has 0 saturated carbocycles. The lowest BCUT2D eigenvalue weighted by Crippen LogP contribution is -2.32. The minimum atomic E-state index is -0.931. The number of hydrazone groups is 1. The lowest BCUT2D eigenvalue weighted by molar-refractivity contribution is -0.136. The summed E-state index contributed by atoms with van der Waals surface area (Å²) in [7, 11) is 0. The summed E-state index contributed by atoms with van der Waals surface area (Å²) in [6.07, 6.45) is 2.78. The van der Waals surface area contributed by atoms with Crippen molar-refractivity contribution < 1.29 is 14.0 Å². The van der Waals surface area contributed by atoms with Gasteiger partial charge in [0.2, 0.25) is 0 Å². The maximum atomic E-state index is 12.7. The van der Waals surface area contributed by atoms with Crippen LogP contribution in [0.2, 0.25) is 0 Å². The van der Waals surface area contributed by atoms with Gasteiger partial charge in [-0.1, -0.05) is 18.2 Å². The second kappa shape index (κ2) is 6.90. The number of hydrogen-bond acceptors (Lipinski definition) is 4. The van der Waals surface area contributed by atoms with Gasteiger partial charge in [0.15, 0.2) is 0 Å². The summed E-state index contributed by atoms with van der Waals surface area (Å²) >= 11 is 0. The zero-order valence-corrected chi connectivity index (χ0v) is 10.8. The van der Waals surface area contributed by atoms with Crippen molar-refractivity contribution in [2.45, 2.75) is 0 Å². The molecular formula is C14H11FN4O2. The summed E-state index contributed by atoms with van der Waals surface area (Å²) in [5, 5.41) is 5.92. The Hall–Kier alpha value is -3.09. The molecule has 2 rings (SSSR count). The number of carbonyl (C=O) groups excluding carboxylic acids is 2. The van der Waals surface area contributed by atoms with Gasteiger partial charge in [0.25, 0.3) is 0 Å². The maximum Gasteiger partial charge on any atom is 0.329 e. The Morgan fingerprint density at radius 3 is 2.52 bits per heavy atom. The summed E-state index contributed by atoms with van der Waals surface area (Å²) in [5.74, 6) is -1.92. The van der Waals surface area contributed by atoms with Crippen molar-refractivity contribution in [2.24, 2.45) is 5.10 Å². The molecule has 0 aliphatic carbocycles. The first-order chi connectivity index (χ1) is 10.1. The molecule has 0 atom stereocenters. The Morgan fingerprint density at radius 2 is 1.86 bits per heavy atom. The van der Waals surface area contributed by atoms with E-state index in [1.54, 1.807) is 18.2 Å². The molecule has 106 valence electrons. The molecule has 0 spiro atoms. The lowest BCUT2D eigenvalue weighted by Gasteiger charge is -2.02. The number of carbonyl (C=O) groups is 2. The molecule has 0 radical (unpaired) electrons. The average Bonchev–Trinajstić information content (AvgIpc) is 2.50. The second-order valence-electron chi connectivity index (χ2n) is 3.92. The Bertz CT molecular complexity index is 656. The van der Waals surface area contributed by atoms with Gasteiger partial charge in [0.1, 0.15) is 11.6 Å². The standard InChI is InChI=1S/C14H11FN4O2/c15-11-6-4-10(5-7-11)9-17-19-14(21)13(20)18-12-3-1-2-8-16-12/h1-9H,(H,19,21)(H,16,18,20). The molecule has 1 aromatic heterocycles. The van der Waals surface area contributed by atoms with Crippen LogP contribution in [0.4, 0.5) is 10.2 Å². The highest BCUT2D eigenvalue weighted by molar-refractivity contribution is 6.39. The van der Waals surface area contributed by atoms with E-state index in [0.717, 1.165) is 0 Å². The fourth-order valence-corrected chi connectivity index (χ4v) is 1.37. The molecular weight excluding hydrogens is 275 g/mol. The molecule has 0 fully saturated rings. The summed E-state index contributed by atoms with van der Waals surface area (Å²) in [5.41, 5.74) is 2.65. The van der Waals surface area contributed by atoms with Crippen molar-refractivity contribution in [3.05, 3.63) is 60.0 Å². The number of amides is 2. The molecule has 1 aromatic carbocycles. The molecule has 0 saturated heterocycles. The van der Waals surface area contributed by atoms with Crippen molar-refractivity contribution in [3.63, 3.8) is 0 Å². The average molecular weight is 286 g/mol. The highest BCUT2D eigenvalue weighted by atomic mass is 19.1. The molecule has 0 unspecified atom stereocenters. The second-order valence-corrected chi connectivity index (χ2v) is 3.92. The quantitative estimate of drug-likeness (QED) is 0.507. The van der Waals surface area contributed by atoms with Crippen molar-refractivity contribution in [1.29, 1.82) is 0 Å². The first-order valence-corrected chi connectivity index (χ1v) is 5.96. The number of nitrogens with zero attached hydrogens (tertiary/aromatic N) is 2. The van der Waals surface area contributed by atoms with Crippen LogP contribution in [-0.2, 0) is 9.59 Å². The molecule has 0 bridgehead atoms. The van der Waals surface area contributed by atoms with Gasteiger partial charge >= 0.3 is 11.8 Å². The van der Waals surface area contributed by atoms with Gasteiger partial charge in [-0.05, 0) is 29.8 Å². The Balaban J connectivity index is 1.86. The van der Waals surface area contributed by atoms with Gasteiger partial charge in [-0.3, -0.25) is 9.59 Å². The molecule has 21 heavy (non-hydrogen) atoms. The summed E-state index contributed by atoms with van der Waals surface area (Å²) in [6, 6.07) is 10.4. The van der Waals surface area contributed by atoms with Gasteiger partial charge in [-0.25, -0.2) is 14.8 Å². The third-order valence-electron chi connectivity index (χ3n) is 2.36. The SMILES string of the molecule is O=C(NN=Cc1ccc(F)cc1)C(=O)Nc1ccccn1. The third kappa shape index (κ3) is 4.50. The number of nitrogens with one attached hydrogen (secondary N) is 2. The number of halogens is 1. The molecule has 0 aliphatic rings. The zero-order valence-electron chi connectivity index (χ0n) is 10.8. The number of hydrogen-bond donors (Lipinski definition) is 2. The lowest BCUT2D eigenvalue weighted by atomic mass is 10.2. The van der Waals surface area contributed by atoms with Gasteiger partial charge in [0, 0.05) is 6.20 Å². The van der Waals surface area contributed by atoms with Gasteiger partial charge in [-0.2, -0.15) is 5.10 Å². The first-order valence-electron chi connectivity index (χ1n) is 5.96. The van der Waals surface area contributed by atoms with Crippen LogP contribution in [0.5, 0.6) is 0 Å². The van der Waals surface area contributed by atoms with Crippen molar-refractivity contribution in [1.82, 2.24) is 10.4 Å². The number of anilines is 1. The predicted octanol–water partition coefficient (Wildman–Crippen LogP) is 1.31. The Labute approximate surface area is 119 Å². The monoisotopic (exact) mass is 286 g/mol. The normalized spacial score (nSPS) is 10.3. The van der Waals surface area contributed by atoms with Crippen LogP contribution in [0.3, 0.4) is 0 Å². The Morgan fingerprint density at radius 1 is 1.10 bits per heavy atom. The van der Waals surface area contributed by atoms with E-state index in [-0.39, 0.29) is 11.6 Å². The largest absolute Gasteiger partial charge is 0.329 e. The third-order valence-corrected chi connectivity index (χ3v) is 2.36. The molecule has 6 nitrogen and oxygen atoms in total. The van der Waals surface area contributed by atoms with Crippen LogP contribution in [0.15, 0.2) is 53.8 Å². The van der Waals surface area contributed by atoms with Crippen molar-refractivity contribution in [2.75, 3.05) is 5.32 Å². The number of benzene rings is 1. The van der Waals surface area contributed by atoms with Crippen LogP contribution in [0.25, 0.3) is 0 Å². The van der Waals surface area contributed by atoms with E-state index in [1.807, 2.05) is 0 Å². The molecule has 0 aliphatic heterocycles. The van der Waals surface area contributed by atoms with E-state index in [1.165, 1.54) is 36.7 Å². The van der Waals surface area contributed by atoms with Crippen LogP contribution in [-0.4, -0.2) is 23.0 Å². The highest BCUT2D eigenvalue weighted by Gasteiger charge is 2.12. The zero-order chi connectivity index (χ0) is 15.1. The topological polar surface area (TPSA) is 83.5 Å². The summed E-state index contributed by atoms with van der Waals surface area (Å²) in [6.45, 7) is 0.